The molecule has 0 spiro atoms. The van der Waals surface area contributed by atoms with E-state index < -0.39 is 0 Å². The van der Waals surface area contributed by atoms with E-state index in [1.54, 1.807) is 0 Å². The summed E-state index contributed by atoms with van der Waals surface area (Å²) in [6.07, 6.45) is 0.904. The van der Waals surface area contributed by atoms with E-state index in [1.165, 1.54) is 0 Å². The molecule has 2 unspecified atom stereocenters. The highest BCUT2D eigenvalue weighted by Gasteiger charge is 2.25. The molecule has 1 amide bonds. The second-order valence-corrected chi connectivity index (χ2v) is 5.48. The first-order chi connectivity index (χ1) is 8.51. The molecule has 18 heavy (non-hydrogen) atoms. The molecule has 5 heteroatoms. The maximum atomic E-state index is 11.7. The van der Waals surface area contributed by atoms with Crippen molar-refractivity contribution in [1.29, 1.82) is 0 Å². The van der Waals surface area contributed by atoms with Crippen molar-refractivity contribution >= 4 is 5.91 Å². The van der Waals surface area contributed by atoms with Crippen LogP contribution in [0.1, 0.15) is 27.2 Å². The Hall–Kier alpha value is -0.650. The maximum absolute atomic E-state index is 11.7. The lowest BCUT2D eigenvalue weighted by molar-refractivity contribution is -0.128. The van der Waals surface area contributed by atoms with E-state index in [-0.39, 0.29) is 24.7 Å². The first kappa shape index (κ1) is 15.4. The van der Waals surface area contributed by atoms with Gasteiger partial charge in [0, 0.05) is 19.6 Å². The molecule has 0 aromatic rings. The summed E-state index contributed by atoms with van der Waals surface area (Å²) in [7, 11) is 0. The number of nitrogens with one attached hydrogen (secondary N) is 1. The van der Waals surface area contributed by atoms with Gasteiger partial charge in [0.1, 0.15) is 0 Å². The van der Waals surface area contributed by atoms with Crippen molar-refractivity contribution in [2.45, 2.75) is 39.4 Å². The molecule has 0 radical (unpaired) electrons. The van der Waals surface area contributed by atoms with Crippen LogP contribution in [-0.2, 0) is 9.53 Å². The van der Waals surface area contributed by atoms with E-state index in [9.17, 15) is 4.79 Å². The van der Waals surface area contributed by atoms with Crippen LogP contribution in [0.5, 0.6) is 0 Å². The molecule has 1 saturated heterocycles. The van der Waals surface area contributed by atoms with Gasteiger partial charge in [-0.3, -0.25) is 9.69 Å². The number of aliphatic hydroxyl groups is 1. The average Bonchev–Trinajstić information content (AvgIpc) is 2.27. The number of morpholine rings is 1. The monoisotopic (exact) mass is 258 g/mol. The predicted molar refractivity (Wildman–Crippen MR) is 70.3 cm³/mol. The molecule has 106 valence electrons. The maximum Gasteiger partial charge on any atom is 0.234 e. The highest BCUT2D eigenvalue weighted by Crippen LogP contribution is 2.10. The van der Waals surface area contributed by atoms with Crippen molar-refractivity contribution in [3.05, 3.63) is 0 Å². The minimum Gasteiger partial charge on any atom is -0.394 e. The fraction of sp³-hybridized carbons (Fsp3) is 0.923. The van der Waals surface area contributed by atoms with Crippen molar-refractivity contribution in [3.63, 3.8) is 0 Å². The van der Waals surface area contributed by atoms with Gasteiger partial charge >= 0.3 is 0 Å². The van der Waals surface area contributed by atoms with E-state index >= 15 is 0 Å². The smallest absolute Gasteiger partial charge is 0.234 e. The van der Waals surface area contributed by atoms with E-state index in [0.29, 0.717) is 19.0 Å². The third-order valence-corrected chi connectivity index (χ3v) is 3.02. The molecular formula is C13H26N2O3. The Balaban J connectivity index is 2.26. The van der Waals surface area contributed by atoms with E-state index in [4.69, 9.17) is 9.84 Å². The number of carbonyl (C=O) groups is 1. The van der Waals surface area contributed by atoms with Gasteiger partial charge in [-0.2, -0.15) is 0 Å². The number of amides is 1. The van der Waals surface area contributed by atoms with Crippen molar-refractivity contribution in [2.24, 2.45) is 5.92 Å². The molecule has 1 rings (SSSR count). The van der Waals surface area contributed by atoms with Crippen LogP contribution in [0.2, 0.25) is 0 Å². The van der Waals surface area contributed by atoms with Crippen molar-refractivity contribution in [2.75, 3.05) is 32.8 Å². The summed E-state index contributed by atoms with van der Waals surface area (Å²) >= 11 is 0. The first-order valence-corrected chi connectivity index (χ1v) is 6.76. The summed E-state index contributed by atoms with van der Waals surface area (Å²) in [6, 6.07) is 0. The van der Waals surface area contributed by atoms with Crippen molar-refractivity contribution in [3.8, 4) is 0 Å². The fourth-order valence-electron chi connectivity index (χ4n) is 2.13. The second-order valence-electron chi connectivity index (χ2n) is 5.48. The van der Waals surface area contributed by atoms with Gasteiger partial charge in [-0.05, 0) is 19.3 Å². The number of hydrogen-bond acceptors (Lipinski definition) is 4. The Labute approximate surface area is 109 Å². The number of aliphatic hydroxyl groups excluding tert-OH is 1. The van der Waals surface area contributed by atoms with Gasteiger partial charge in [0.25, 0.3) is 0 Å². The van der Waals surface area contributed by atoms with Gasteiger partial charge < -0.3 is 15.2 Å². The molecule has 5 nitrogen and oxygen atoms in total. The minimum atomic E-state index is -0.169. The molecule has 2 N–H and O–H groups in total. The summed E-state index contributed by atoms with van der Waals surface area (Å²) in [5.41, 5.74) is 0. The molecule has 1 aliphatic rings. The normalized spacial score (nSPS) is 25.4. The van der Waals surface area contributed by atoms with E-state index in [2.05, 4.69) is 19.2 Å². The quantitative estimate of drug-likeness (QED) is 0.716. The molecule has 0 bridgehead atoms. The van der Waals surface area contributed by atoms with Crippen LogP contribution >= 0.6 is 0 Å². The molecule has 1 heterocycles. The highest BCUT2D eigenvalue weighted by atomic mass is 16.5. The Morgan fingerprint density at radius 2 is 2.22 bits per heavy atom. The SMILES string of the molecule is CC(C)CCNC(=O)CN1CC(C)OC(CO)C1. The van der Waals surface area contributed by atoms with Gasteiger partial charge in [-0.1, -0.05) is 13.8 Å². The number of hydrogen-bond donors (Lipinski definition) is 2. The molecule has 0 saturated carbocycles. The van der Waals surface area contributed by atoms with Crippen molar-refractivity contribution < 1.29 is 14.6 Å². The molecule has 0 aliphatic carbocycles. The van der Waals surface area contributed by atoms with Crippen LogP contribution in [0.25, 0.3) is 0 Å². The van der Waals surface area contributed by atoms with Crippen LogP contribution in [0, 0.1) is 5.92 Å². The zero-order valence-electron chi connectivity index (χ0n) is 11.7. The van der Waals surface area contributed by atoms with Crippen LogP contribution < -0.4 is 5.32 Å². The molecule has 2 atom stereocenters. The summed E-state index contributed by atoms with van der Waals surface area (Å²) in [6.45, 7) is 8.75. The van der Waals surface area contributed by atoms with Gasteiger partial charge in [0.15, 0.2) is 0 Å². The van der Waals surface area contributed by atoms with Crippen molar-refractivity contribution in [1.82, 2.24) is 10.2 Å². The summed E-state index contributed by atoms with van der Waals surface area (Å²) in [4.78, 5) is 13.8. The Kier molecular flexibility index (Phi) is 6.60. The lowest BCUT2D eigenvalue weighted by Crippen LogP contribution is -2.51. The van der Waals surface area contributed by atoms with Crippen LogP contribution in [0.3, 0.4) is 0 Å². The van der Waals surface area contributed by atoms with Crippen LogP contribution in [0.15, 0.2) is 0 Å². The zero-order chi connectivity index (χ0) is 13.5. The molecular weight excluding hydrogens is 232 g/mol. The fourth-order valence-corrected chi connectivity index (χ4v) is 2.13. The third kappa shape index (κ3) is 5.80. The minimum absolute atomic E-state index is 0.00973. The Bertz CT molecular complexity index is 259. The van der Waals surface area contributed by atoms with Crippen LogP contribution in [0.4, 0.5) is 0 Å². The van der Waals surface area contributed by atoms with E-state index in [0.717, 1.165) is 19.5 Å². The largest absolute Gasteiger partial charge is 0.394 e. The average molecular weight is 258 g/mol. The number of carbonyl (C=O) groups excluding carboxylic acids is 1. The lowest BCUT2D eigenvalue weighted by atomic mass is 10.1. The van der Waals surface area contributed by atoms with Gasteiger partial charge in [-0.25, -0.2) is 0 Å². The third-order valence-electron chi connectivity index (χ3n) is 3.02. The summed E-state index contributed by atoms with van der Waals surface area (Å²) in [5.74, 6) is 0.661. The topological polar surface area (TPSA) is 61.8 Å². The summed E-state index contributed by atoms with van der Waals surface area (Å²) < 4.78 is 5.54. The number of nitrogens with zero attached hydrogens (tertiary/aromatic N) is 1. The lowest BCUT2D eigenvalue weighted by Gasteiger charge is -2.35. The Morgan fingerprint density at radius 1 is 1.50 bits per heavy atom. The zero-order valence-corrected chi connectivity index (χ0v) is 11.7. The van der Waals surface area contributed by atoms with Crippen LogP contribution in [-0.4, -0.2) is 60.9 Å². The standard InChI is InChI=1S/C13H26N2O3/c1-10(2)4-5-14-13(17)8-15-6-11(3)18-12(7-15)9-16/h10-12,16H,4-9H2,1-3H3,(H,14,17). The summed E-state index contributed by atoms with van der Waals surface area (Å²) in [5, 5.41) is 12.0. The number of ether oxygens (including phenoxy) is 1. The predicted octanol–water partition coefficient (Wildman–Crippen LogP) is 0.230. The highest BCUT2D eigenvalue weighted by molar-refractivity contribution is 5.77. The molecule has 0 aromatic carbocycles. The van der Waals surface area contributed by atoms with Gasteiger partial charge in [0.05, 0.1) is 25.4 Å². The Morgan fingerprint density at radius 3 is 2.83 bits per heavy atom. The molecule has 0 aromatic heterocycles. The second kappa shape index (κ2) is 7.71. The van der Waals surface area contributed by atoms with Gasteiger partial charge in [-0.15, -0.1) is 0 Å². The first-order valence-electron chi connectivity index (χ1n) is 6.76. The van der Waals surface area contributed by atoms with Gasteiger partial charge in [0.2, 0.25) is 5.91 Å². The molecule has 1 fully saturated rings. The molecule has 1 aliphatic heterocycles. The number of rotatable bonds is 6. The van der Waals surface area contributed by atoms with E-state index in [1.807, 2.05) is 11.8 Å².